The molecule has 0 aliphatic carbocycles. The molecule has 0 unspecified atom stereocenters. The van der Waals surface area contributed by atoms with Crippen LogP contribution in [-0.2, 0) is 0 Å². The van der Waals surface area contributed by atoms with Gasteiger partial charge in [0.15, 0.2) is 0 Å². The van der Waals surface area contributed by atoms with Crippen molar-refractivity contribution in [3.05, 3.63) is 113 Å². The van der Waals surface area contributed by atoms with E-state index in [2.05, 4.69) is 25.9 Å². The van der Waals surface area contributed by atoms with E-state index in [0.29, 0.717) is 5.46 Å². The highest BCUT2D eigenvalue weighted by atomic mass is 79.9. The maximum atomic E-state index is 12.7. The van der Waals surface area contributed by atoms with Crippen molar-refractivity contribution in [2.75, 3.05) is 0 Å². The molecule has 0 fully saturated rings. The van der Waals surface area contributed by atoms with Crippen molar-refractivity contribution in [1.82, 2.24) is 9.97 Å². The van der Waals surface area contributed by atoms with Gasteiger partial charge in [0.25, 0.3) is 0 Å². The van der Waals surface area contributed by atoms with E-state index >= 15 is 0 Å². The second-order valence-corrected chi connectivity index (χ2v) is 7.51. The van der Waals surface area contributed by atoms with Gasteiger partial charge < -0.3 is 10.0 Å². The van der Waals surface area contributed by atoms with Gasteiger partial charge in [0.05, 0.1) is 5.69 Å². The van der Waals surface area contributed by atoms with Crippen LogP contribution in [0, 0.1) is 25.5 Å². The minimum Gasteiger partial charge on any atom is -0.423 e. The number of rotatable bonds is 2. The first-order chi connectivity index (χ1) is 15.2. The largest absolute Gasteiger partial charge is 0.488 e. The number of aryl methyl sites for hydroxylation is 2. The highest BCUT2D eigenvalue weighted by molar-refractivity contribution is 9.10. The molecule has 2 aromatic heterocycles. The van der Waals surface area contributed by atoms with Crippen LogP contribution in [0.25, 0.3) is 11.3 Å². The van der Waals surface area contributed by atoms with Crippen LogP contribution in [0.15, 0.2) is 89.5 Å². The molecule has 164 valence electrons. The fourth-order valence-corrected chi connectivity index (χ4v) is 2.90. The molecule has 0 bridgehead atoms. The molecule has 0 atom stereocenters. The Morgan fingerprint density at radius 3 is 1.62 bits per heavy atom. The predicted octanol–water partition coefficient (Wildman–Crippen LogP) is 4.85. The Morgan fingerprint density at radius 1 is 0.688 bits per heavy atom. The SMILES string of the molecule is Cc1cccc(-c2ccc(F)cc2)n1.Cc1cccc(Br)n1.OB(O)c1ccc(F)cc1. The van der Waals surface area contributed by atoms with Crippen LogP contribution in [-0.4, -0.2) is 27.1 Å². The van der Waals surface area contributed by atoms with Crippen LogP contribution < -0.4 is 5.46 Å². The van der Waals surface area contributed by atoms with Crippen molar-refractivity contribution >= 4 is 28.5 Å². The van der Waals surface area contributed by atoms with Crippen LogP contribution >= 0.6 is 15.9 Å². The maximum absolute atomic E-state index is 12.7. The standard InChI is InChI=1S/C12H10FN.C6H6BFO2.C6H6BrN/c1-9-3-2-4-12(14-9)10-5-7-11(13)8-6-10;8-6-3-1-5(2-4-6)7(9)10;1-5-3-2-4-6(7)8-5/h2-8H,1H3;1-4,9-10H;2-4H,1H3. The topological polar surface area (TPSA) is 66.2 Å². The molecule has 4 rings (SSSR count). The molecular formula is C24H22BBrF2N2O2. The normalized spacial score (nSPS) is 9.72. The lowest BCUT2D eigenvalue weighted by Gasteiger charge is -2.01. The van der Waals surface area contributed by atoms with Gasteiger partial charge in [-0.15, -0.1) is 0 Å². The average molecular weight is 499 g/mol. The highest BCUT2D eigenvalue weighted by Gasteiger charge is 2.09. The Bertz CT molecular complexity index is 1090. The number of nitrogens with zero attached hydrogens (tertiary/aromatic N) is 2. The lowest BCUT2D eigenvalue weighted by Crippen LogP contribution is -2.29. The van der Waals surface area contributed by atoms with Crippen LogP contribution in [0.3, 0.4) is 0 Å². The molecule has 2 heterocycles. The Labute approximate surface area is 194 Å². The molecule has 0 saturated heterocycles. The van der Waals surface area contributed by atoms with E-state index in [9.17, 15) is 8.78 Å². The molecule has 0 saturated carbocycles. The zero-order valence-corrected chi connectivity index (χ0v) is 19.2. The number of hydrogen-bond donors (Lipinski definition) is 2. The van der Waals surface area contributed by atoms with E-state index in [4.69, 9.17) is 10.0 Å². The zero-order chi connectivity index (χ0) is 23.5. The Morgan fingerprint density at radius 2 is 1.19 bits per heavy atom. The molecule has 4 nitrogen and oxygen atoms in total. The first-order valence-corrected chi connectivity index (χ1v) is 10.4. The van der Waals surface area contributed by atoms with Crippen molar-refractivity contribution in [1.29, 1.82) is 0 Å². The van der Waals surface area contributed by atoms with E-state index in [-0.39, 0.29) is 11.6 Å². The van der Waals surface area contributed by atoms with E-state index in [0.717, 1.165) is 27.2 Å². The zero-order valence-electron chi connectivity index (χ0n) is 17.6. The fraction of sp³-hybridized carbons (Fsp3) is 0.0833. The molecule has 4 aromatic rings. The molecule has 2 N–H and O–H groups in total. The van der Waals surface area contributed by atoms with E-state index in [1.807, 2.05) is 50.2 Å². The van der Waals surface area contributed by atoms with Gasteiger partial charge in [0, 0.05) is 17.0 Å². The predicted molar refractivity (Wildman–Crippen MR) is 127 cm³/mol. The molecule has 0 aliphatic rings. The number of pyridine rings is 2. The van der Waals surface area contributed by atoms with Gasteiger partial charge in [-0.1, -0.05) is 24.3 Å². The van der Waals surface area contributed by atoms with Gasteiger partial charge in [-0.25, -0.2) is 13.8 Å². The van der Waals surface area contributed by atoms with Gasteiger partial charge in [-0.2, -0.15) is 0 Å². The first kappa shape index (κ1) is 25.3. The Balaban J connectivity index is 0.000000178. The van der Waals surface area contributed by atoms with Gasteiger partial charge in [-0.05, 0) is 95.9 Å². The van der Waals surface area contributed by atoms with E-state index in [1.54, 1.807) is 12.1 Å². The molecule has 0 spiro atoms. The van der Waals surface area contributed by atoms with Gasteiger partial charge in [0.1, 0.15) is 16.2 Å². The van der Waals surface area contributed by atoms with Crippen LogP contribution in [0.2, 0.25) is 0 Å². The molecule has 0 radical (unpaired) electrons. The second-order valence-electron chi connectivity index (χ2n) is 6.70. The molecule has 32 heavy (non-hydrogen) atoms. The van der Waals surface area contributed by atoms with Gasteiger partial charge in [0.2, 0.25) is 0 Å². The summed E-state index contributed by atoms with van der Waals surface area (Å²) in [6.07, 6.45) is 0. The van der Waals surface area contributed by atoms with Crippen LogP contribution in [0.4, 0.5) is 8.78 Å². The molecular weight excluding hydrogens is 477 g/mol. The third-order valence-electron chi connectivity index (χ3n) is 4.05. The summed E-state index contributed by atoms with van der Waals surface area (Å²) in [7, 11) is -1.51. The quantitative estimate of drug-likeness (QED) is 0.306. The summed E-state index contributed by atoms with van der Waals surface area (Å²) in [5.74, 6) is -0.606. The molecule has 0 amide bonds. The van der Waals surface area contributed by atoms with Crippen molar-refractivity contribution in [3.63, 3.8) is 0 Å². The van der Waals surface area contributed by atoms with Crippen molar-refractivity contribution < 1.29 is 18.8 Å². The number of halogens is 3. The number of benzene rings is 2. The van der Waals surface area contributed by atoms with Gasteiger partial charge >= 0.3 is 7.12 Å². The molecule has 0 aliphatic heterocycles. The van der Waals surface area contributed by atoms with Crippen molar-refractivity contribution in [3.8, 4) is 11.3 Å². The maximum Gasteiger partial charge on any atom is 0.488 e. The summed E-state index contributed by atoms with van der Waals surface area (Å²) in [4.78, 5) is 8.44. The second kappa shape index (κ2) is 12.8. The average Bonchev–Trinajstić information content (AvgIpc) is 2.75. The van der Waals surface area contributed by atoms with Gasteiger partial charge in [-0.3, -0.25) is 4.98 Å². The molecule has 2 aromatic carbocycles. The summed E-state index contributed by atoms with van der Waals surface area (Å²) >= 11 is 3.25. The smallest absolute Gasteiger partial charge is 0.423 e. The lowest BCUT2D eigenvalue weighted by molar-refractivity contribution is 0.425. The molecule has 8 heteroatoms. The summed E-state index contributed by atoms with van der Waals surface area (Å²) in [5, 5.41) is 17.1. The first-order valence-electron chi connectivity index (χ1n) is 9.65. The van der Waals surface area contributed by atoms with E-state index < -0.39 is 7.12 Å². The Kier molecular flexibility index (Phi) is 10.1. The Hall–Kier alpha value is -2.94. The number of hydrogen-bond acceptors (Lipinski definition) is 4. The minimum atomic E-state index is -1.51. The third kappa shape index (κ3) is 9.05. The highest BCUT2D eigenvalue weighted by Crippen LogP contribution is 2.17. The summed E-state index contributed by atoms with van der Waals surface area (Å²) in [6.45, 7) is 3.90. The van der Waals surface area contributed by atoms with Crippen LogP contribution in [0.1, 0.15) is 11.4 Å². The minimum absolute atomic E-state index is 0.221. The van der Waals surface area contributed by atoms with E-state index in [1.165, 1.54) is 36.4 Å². The number of aromatic nitrogens is 2. The van der Waals surface area contributed by atoms with Crippen molar-refractivity contribution in [2.45, 2.75) is 13.8 Å². The summed E-state index contributed by atoms with van der Waals surface area (Å²) in [6, 6.07) is 23.0. The monoisotopic (exact) mass is 498 g/mol. The third-order valence-corrected chi connectivity index (χ3v) is 4.49. The fourth-order valence-electron chi connectivity index (χ4n) is 2.47. The summed E-state index contributed by atoms with van der Waals surface area (Å²) < 4.78 is 25.7. The lowest BCUT2D eigenvalue weighted by atomic mass is 9.80. The van der Waals surface area contributed by atoms with Crippen LogP contribution in [0.5, 0.6) is 0 Å². The van der Waals surface area contributed by atoms with Crippen molar-refractivity contribution in [2.24, 2.45) is 0 Å². The summed E-state index contributed by atoms with van der Waals surface area (Å²) in [5.41, 5.74) is 4.12.